The summed E-state index contributed by atoms with van der Waals surface area (Å²) in [5.41, 5.74) is 4.12. The van der Waals surface area contributed by atoms with Crippen LogP contribution >= 0.6 is 0 Å². The molecule has 2 aliphatic rings. The Kier molecular flexibility index (Phi) is 6.08. The molecule has 3 atom stereocenters. The smallest absolute Gasteiger partial charge is 0.274 e. The van der Waals surface area contributed by atoms with E-state index in [1.807, 2.05) is 26.0 Å². The van der Waals surface area contributed by atoms with Gasteiger partial charge in [0, 0.05) is 5.39 Å². The van der Waals surface area contributed by atoms with Crippen molar-refractivity contribution in [3.63, 3.8) is 0 Å². The number of fused-ring (bicyclic) bond motifs is 2. The normalized spacial score (nSPS) is 20.8. The number of hydrogen-bond donors (Lipinski definition) is 3. The van der Waals surface area contributed by atoms with E-state index < -0.39 is 35.3 Å². The molecular formula is C23H25N5O5. The first-order valence-electron chi connectivity index (χ1n) is 10.9. The molecule has 0 radical (unpaired) electrons. The van der Waals surface area contributed by atoms with Crippen LogP contribution in [0.2, 0.25) is 0 Å². The van der Waals surface area contributed by atoms with Gasteiger partial charge < -0.3 is 0 Å². The number of imide groups is 1. The van der Waals surface area contributed by atoms with Gasteiger partial charge in [0.25, 0.3) is 17.4 Å². The van der Waals surface area contributed by atoms with E-state index in [4.69, 9.17) is 0 Å². The largest absolute Gasteiger partial charge is 0.290 e. The zero-order valence-corrected chi connectivity index (χ0v) is 18.3. The number of aromatic amines is 1. The van der Waals surface area contributed by atoms with Gasteiger partial charge in [-0.2, -0.15) is 5.10 Å². The maximum atomic E-state index is 13.1. The van der Waals surface area contributed by atoms with Gasteiger partial charge in [-0.25, -0.2) is 5.10 Å². The SMILES string of the molecule is CC(C)CC(C(=O)NNC(=O)c1n[nH]c(=O)c2ccccc12)N1C(=O)C2CC=CCC2C1=O. The second-order valence-electron chi connectivity index (χ2n) is 8.74. The van der Waals surface area contributed by atoms with E-state index >= 15 is 0 Å². The van der Waals surface area contributed by atoms with Crippen molar-refractivity contribution in [1.82, 2.24) is 25.9 Å². The van der Waals surface area contributed by atoms with Crippen molar-refractivity contribution in [3.8, 4) is 0 Å². The third kappa shape index (κ3) is 4.15. The topological polar surface area (TPSA) is 141 Å². The maximum Gasteiger partial charge on any atom is 0.290 e. The average molecular weight is 451 g/mol. The molecule has 10 heteroatoms. The molecule has 33 heavy (non-hydrogen) atoms. The molecule has 10 nitrogen and oxygen atoms in total. The standard InChI is InChI=1S/C23H25N5O5/c1-12(2)11-17(28-22(32)15-9-5-6-10-16(15)23(28)33)20(30)26-27-21(31)18-13-7-3-4-8-14(13)19(29)25-24-18/h3-8,12,15-17H,9-11H2,1-2H3,(H,25,29)(H,26,30)(H,27,31). The number of nitrogens with one attached hydrogen (secondary N) is 3. The Bertz CT molecular complexity index is 1190. The van der Waals surface area contributed by atoms with E-state index in [2.05, 4.69) is 21.0 Å². The third-order valence-corrected chi connectivity index (χ3v) is 6.06. The second kappa shape index (κ2) is 8.97. The van der Waals surface area contributed by atoms with Crippen LogP contribution in [0.3, 0.4) is 0 Å². The van der Waals surface area contributed by atoms with Crippen LogP contribution in [0.5, 0.6) is 0 Å². The monoisotopic (exact) mass is 451 g/mol. The molecule has 4 rings (SSSR count). The first-order valence-corrected chi connectivity index (χ1v) is 10.9. The van der Waals surface area contributed by atoms with Crippen LogP contribution in [0, 0.1) is 17.8 Å². The third-order valence-electron chi connectivity index (χ3n) is 6.06. The van der Waals surface area contributed by atoms with Gasteiger partial charge in [-0.3, -0.25) is 39.7 Å². The zero-order valence-electron chi connectivity index (χ0n) is 18.3. The first-order chi connectivity index (χ1) is 15.8. The molecule has 1 saturated heterocycles. The van der Waals surface area contributed by atoms with E-state index in [0.29, 0.717) is 18.2 Å². The summed E-state index contributed by atoms with van der Waals surface area (Å²) >= 11 is 0. The number of aromatic nitrogens is 2. The van der Waals surface area contributed by atoms with Gasteiger partial charge >= 0.3 is 0 Å². The number of likely N-dealkylation sites (tertiary alicyclic amines) is 1. The highest BCUT2D eigenvalue weighted by Crippen LogP contribution is 2.37. The lowest BCUT2D eigenvalue weighted by Gasteiger charge is -2.27. The van der Waals surface area contributed by atoms with Crippen molar-refractivity contribution < 1.29 is 19.2 Å². The zero-order chi connectivity index (χ0) is 23.7. The Hall–Kier alpha value is -3.82. The number of benzene rings is 1. The molecule has 4 amide bonds. The molecule has 0 bridgehead atoms. The number of H-pyrrole nitrogens is 1. The lowest BCUT2D eigenvalue weighted by atomic mass is 9.85. The highest BCUT2D eigenvalue weighted by molar-refractivity contribution is 6.09. The minimum atomic E-state index is -1.05. The van der Waals surface area contributed by atoms with Crippen LogP contribution in [0.4, 0.5) is 0 Å². The summed E-state index contributed by atoms with van der Waals surface area (Å²) in [7, 11) is 0. The lowest BCUT2D eigenvalue weighted by Crippen LogP contribution is -2.54. The molecule has 1 aliphatic heterocycles. The highest BCUT2D eigenvalue weighted by atomic mass is 16.2. The lowest BCUT2D eigenvalue weighted by molar-refractivity contribution is -0.148. The van der Waals surface area contributed by atoms with Crippen LogP contribution in [0.25, 0.3) is 10.8 Å². The van der Waals surface area contributed by atoms with E-state index in [9.17, 15) is 24.0 Å². The van der Waals surface area contributed by atoms with Gasteiger partial charge in [0.15, 0.2) is 5.69 Å². The molecule has 0 spiro atoms. The number of allylic oxidation sites excluding steroid dienone is 2. The summed E-state index contributed by atoms with van der Waals surface area (Å²) in [6.07, 6.45) is 4.98. The van der Waals surface area contributed by atoms with E-state index in [-0.39, 0.29) is 35.2 Å². The van der Waals surface area contributed by atoms with Gasteiger partial charge in [0.2, 0.25) is 11.8 Å². The Morgan fingerprint density at radius 1 is 1.03 bits per heavy atom. The summed E-state index contributed by atoms with van der Waals surface area (Å²) in [6.45, 7) is 3.77. The Labute approximate surface area is 189 Å². The van der Waals surface area contributed by atoms with E-state index in [1.165, 1.54) is 0 Å². The van der Waals surface area contributed by atoms with Gasteiger partial charge in [-0.15, -0.1) is 0 Å². The molecule has 2 heterocycles. The molecule has 1 aromatic carbocycles. The van der Waals surface area contributed by atoms with Gasteiger partial charge in [-0.1, -0.05) is 44.2 Å². The predicted molar refractivity (Wildman–Crippen MR) is 118 cm³/mol. The summed E-state index contributed by atoms with van der Waals surface area (Å²) in [5.74, 6) is -2.99. The Balaban J connectivity index is 1.53. The summed E-state index contributed by atoms with van der Waals surface area (Å²) in [5, 5.41) is 6.67. The van der Waals surface area contributed by atoms with Gasteiger partial charge in [0.05, 0.1) is 17.2 Å². The molecule has 3 N–H and O–H groups in total. The van der Waals surface area contributed by atoms with E-state index in [1.54, 1.807) is 24.3 Å². The number of carbonyl (C=O) groups is 4. The molecule has 172 valence electrons. The molecule has 3 unspecified atom stereocenters. The number of hydrogen-bond acceptors (Lipinski definition) is 6. The Morgan fingerprint density at radius 3 is 2.24 bits per heavy atom. The van der Waals surface area contributed by atoms with Crippen molar-refractivity contribution in [2.45, 2.75) is 39.2 Å². The molecule has 0 saturated carbocycles. The Morgan fingerprint density at radius 2 is 1.64 bits per heavy atom. The van der Waals surface area contributed by atoms with Crippen molar-refractivity contribution in [2.75, 3.05) is 0 Å². The van der Waals surface area contributed by atoms with Crippen LogP contribution in [-0.2, 0) is 14.4 Å². The first kappa shape index (κ1) is 22.4. The maximum absolute atomic E-state index is 13.1. The van der Waals surface area contributed by atoms with Crippen molar-refractivity contribution >= 4 is 34.4 Å². The van der Waals surface area contributed by atoms with Crippen LogP contribution in [-0.4, -0.2) is 44.8 Å². The van der Waals surface area contributed by atoms with Crippen molar-refractivity contribution in [2.24, 2.45) is 17.8 Å². The molecule has 1 aromatic heterocycles. The van der Waals surface area contributed by atoms with Crippen LogP contribution in [0.15, 0.2) is 41.2 Å². The minimum absolute atomic E-state index is 0.0163. The minimum Gasteiger partial charge on any atom is -0.274 e. The number of rotatable bonds is 5. The summed E-state index contributed by atoms with van der Waals surface area (Å²) in [6, 6.07) is 5.41. The van der Waals surface area contributed by atoms with E-state index in [0.717, 1.165) is 4.90 Å². The quantitative estimate of drug-likeness (QED) is 0.352. The van der Waals surface area contributed by atoms with Crippen LogP contribution < -0.4 is 16.4 Å². The van der Waals surface area contributed by atoms with Crippen molar-refractivity contribution in [3.05, 3.63) is 52.5 Å². The second-order valence-corrected chi connectivity index (χ2v) is 8.74. The number of carbonyl (C=O) groups excluding carboxylic acids is 4. The fraction of sp³-hybridized carbons (Fsp3) is 0.391. The number of nitrogens with zero attached hydrogens (tertiary/aromatic N) is 2. The summed E-state index contributed by atoms with van der Waals surface area (Å²) < 4.78 is 0. The van der Waals surface area contributed by atoms with Gasteiger partial charge in [0.1, 0.15) is 6.04 Å². The van der Waals surface area contributed by atoms with Gasteiger partial charge in [-0.05, 0) is 31.2 Å². The number of amides is 4. The predicted octanol–water partition coefficient (Wildman–Crippen LogP) is 1.05. The number of hydrazine groups is 1. The summed E-state index contributed by atoms with van der Waals surface area (Å²) in [4.78, 5) is 64.7. The van der Waals surface area contributed by atoms with Crippen LogP contribution in [0.1, 0.15) is 43.6 Å². The molecule has 1 fully saturated rings. The fourth-order valence-corrected chi connectivity index (χ4v) is 4.46. The van der Waals surface area contributed by atoms with Crippen molar-refractivity contribution in [1.29, 1.82) is 0 Å². The molecule has 1 aliphatic carbocycles. The highest BCUT2D eigenvalue weighted by Gasteiger charge is 2.51. The molecule has 2 aromatic rings. The average Bonchev–Trinajstić information content (AvgIpc) is 3.06. The fourth-order valence-electron chi connectivity index (χ4n) is 4.46. The molecular weight excluding hydrogens is 426 g/mol.